The zero-order chi connectivity index (χ0) is 18.7. The van der Waals surface area contributed by atoms with E-state index >= 15 is 0 Å². The number of benzene rings is 2. The molecule has 134 valence electrons. The van der Waals surface area contributed by atoms with Crippen LogP contribution in [0.25, 0.3) is 17.0 Å². The lowest BCUT2D eigenvalue weighted by molar-refractivity contribution is 0.475. The van der Waals surface area contributed by atoms with Crippen LogP contribution in [-0.2, 0) is 6.42 Å². The first-order chi connectivity index (χ1) is 12.5. The van der Waals surface area contributed by atoms with Crippen molar-refractivity contribution in [2.45, 2.75) is 20.3 Å². The second kappa shape index (κ2) is 7.48. The van der Waals surface area contributed by atoms with Crippen molar-refractivity contribution in [3.05, 3.63) is 83.0 Å². The van der Waals surface area contributed by atoms with Crippen LogP contribution >= 0.6 is 0 Å². The molecule has 3 aromatic rings. The Kier molecular flexibility index (Phi) is 5.12. The van der Waals surface area contributed by atoms with Crippen LogP contribution in [0.15, 0.2) is 54.8 Å². The van der Waals surface area contributed by atoms with E-state index < -0.39 is 0 Å². The molecule has 0 aliphatic rings. The largest absolute Gasteiger partial charge is 0.508 e. The average molecular weight is 350 g/mol. The number of aryl methyl sites for hydroxylation is 2. The zero-order valence-corrected chi connectivity index (χ0v) is 15.1. The van der Waals surface area contributed by atoms with E-state index in [9.17, 15) is 9.50 Å². The highest BCUT2D eigenvalue weighted by molar-refractivity contribution is 5.88. The summed E-state index contributed by atoms with van der Waals surface area (Å²) in [6.07, 6.45) is 4.62. The smallest absolute Gasteiger partial charge is 0.147 e. The molecule has 3 rings (SSSR count). The van der Waals surface area contributed by atoms with Gasteiger partial charge < -0.3 is 15.4 Å². The van der Waals surface area contributed by atoms with Gasteiger partial charge in [0.05, 0.1) is 5.52 Å². The summed E-state index contributed by atoms with van der Waals surface area (Å²) in [5.74, 6) is 0.0362. The molecule has 0 aliphatic carbocycles. The summed E-state index contributed by atoms with van der Waals surface area (Å²) in [6.45, 7) is 8.70. The van der Waals surface area contributed by atoms with Gasteiger partial charge in [-0.1, -0.05) is 30.9 Å². The summed E-state index contributed by atoms with van der Waals surface area (Å²) in [5, 5.41) is 13.6. The number of phenolic OH excluding ortho intramolecular Hbond substituents is 1. The number of halogens is 1. The van der Waals surface area contributed by atoms with Gasteiger partial charge in [0.1, 0.15) is 11.6 Å². The number of rotatable bonds is 6. The molecule has 1 heterocycles. The fraction of sp³-hybridized carbons (Fsp3) is 0.182. The van der Waals surface area contributed by atoms with Gasteiger partial charge in [-0.15, -0.1) is 0 Å². The van der Waals surface area contributed by atoms with Crippen LogP contribution < -0.4 is 5.32 Å². The molecule has 0 bridgehead atoms. The maximum Gasteiger partial charge on any atom is 0.147 e. The number of allylic oxidation sites excluding steroid dienone is 1. The Morgan fingerprint density at radius 1 is 1.19 bits per heavy atom. The summed E-state index contributed by atoms with van der Waals surface area (Å²) >= 11 is 0. The number of phenols is 1. The number of fused-ring (bicyclic) bond motifs is 1. The molecule has 0 spiro atoms. The highest BCUT2D eigenvalue weighted by atomic mass is 19.1. The molecule has 26 heavy (non-hydrogen) atoms. The Bertz CT molecular complexity index is 968. The first-order valence-corrected chi connectivity index (χ1v) is 8.62. The minimum atomic E-state index is -0.214. The summed E-state index contributed by atoms with van der Waals surface area (Å²) in [6, 6.07) is 10.3. The van der Waals surface area contributed by atoms with Crippen LogP contribution in [-0.4, -0.2) is 16.6 Å². The number of nitrogens with one attached hydrogen (secondary N) is 2. The van der Waals surface area contributed by atoms with Crippen molar-refractivity contribution < 1.29 is 9.50 Å². The molecule has 0 saturated heterocycles. The molecule has 0 atom stereocenters. The van der Waals surface area contributed by atoms with E-state index in [0.717, 1.165) is 39.9 Å². The fourth-order valence-corrected chi connectivity index (χ4v) is 3.14. The number of H-pyrrole nitrogens is 1. The van der Waals surface area contributed by atoms with Crippen LogP contribution in [0.3, 0.4) is 0 Å². The van der Waals surface area contributed by atoms with Crippen molar-refractivity contribution >= 4 is 17.0 Å². The molecule has 0 amide bonds. The fourth-order valence-electron chi connectivity index (χ4n) is 3.14. The normalized spacial score (nSPS) is 11.3. The van der Waals surface area contributed by atoms with Crippen LogP contribution in [0, 0.1) is 19.7 Å². The second-order valence-corrected chi connectivity index (χ2v) is 6.47. The molecule has 3 nitrogen and oxygen atoms in total. The van der Waals surface area contributed by atoms with Crippen LogP contribution in [0.2, 0.25) is 0 Å². The van der Waals surface area contributed by atoms with Gasteiger partial charge in [0.25, 0.3) is 0 Å². The number of aromatic hydroxyl groups is 1. The molecule has 4 heteroatoms. The minimum absolute atomic E-state index is 0.214. The van der Waals surface area contributed by atoms with Crippen LogP contribution in [0.4, 0.5) is 4.39 Å². The van der Waals surface area contributed by atoms with Crippen LogP contribution in [0.5, 0.6) is 5.75 Å². The Morgan fingerprint density at radius 3 is 2.65 bits per heavy atom. The highest BCUT2D eigenvalue weighted by Gasteiger charge is 2.13. The summed E-state index contributed by atoms with van der Waals surface area (Å²) in [5.41, 5.74) is 5.60. The Balaban J connectivity index is 1.64. The Labute approximate surface area is 152 Å². The monoisotopic (exact) mass is 350 g/mol. The van der Waals surface area contributed by atoms with Crippen molar-refractivity contribution in [1.82, 2.24) is 10.3 Å². The van der Waals surface area contributed by atoms with E-state index in [1.54, 1.807) is 12.1 Å². The molecule has 3 N–H and O–H groups in total. The predicted octanol–water partition coefficient (Wildman–Crippen LogP) is 4.99. The first kappa shape index (κ1) is 17.8. The zero-order valence-electron chi connectivity index (χ0n) is 15.1. The Morgan fingerprint density at radius 2 is 1.92 bits per heavy atom. The lowest BCUT2D eigenvalue weighted by atomic mass is 10.0. The first-order valence-electron chi connectivity index (χ1n) is 8.62. The molecule has 0 aliphatic heterocycles. The van der Waals surface area contributed by atoms with Gasteiger partial charge in [-0.05, 0) is 61.2 Å². The van der Waals surface area contributed by atoms with Gasteiger partial charge in [0, 0.05) is 23.3 Å². The van der Waals surface area contributed by atoms with Crippen LogP contribution in [0.1, 0.15) is 22.4 Å². The maximum absolute atomic E-state index is 14.0. The molecule has 0 fully saturated rings. The van der Waals surface area contributed by atoms with E-state index in [2.05, 4.69) is 16.9 Å². The third-order valence-electron chi connectivity index (χ3n) is 4.53. The Hall–Kier alpha value is -3.01. The number of aromatic nitrogens is 1. The number of aromatic amines is 1. The topological polar surface area (TPSA) is 48.0 Å². The van der Waals surface area contributed by atoms with E-state index in [4.69, 9.17) is 0 Å². The van der Waals surface area contributed by atoms with E-state index in [1.807, 2.05) is 44.2 Å². The summed E-state index contributed by atoms with van der Waals surface area (Å²) in [4.78, 5) is 3.17. The number of hydrogen-bond donors (Lipinski definition) is 3. The summed E-state index contributed by atoms with van der Waals surface area (Å²) < 4.78 is 14.0. The van der Waals surface area contributed by atoms with Gasteiger partial charge in [-0.3, -0.25) is 0 Å². The molecule has 0 unspecified atom stereocenters. The average Bonchev–Trinajstić information content (AvgIpc) is 2.96. The van der Waals surface area contributed by atoms with E-state index in [0.29, 0.717) is 12.1 Å². The third kappa shape index (κ3) is 3.80. The predicted molar refractivity (Wildman–Crippen MR) is 106 cm³/mol. The van der Waals surface area contributed by atoms with Crippen molar-refractivity contribution in [3.63, 3.8) is 0 Å². The van der Waals surface area contributed by atoms with E-state index in [-0.39, 0.29) is 11.6 Å². The molecule has 1 aromatic heterocycles. The van der Waals surface area contributed by atoms with Gasteiger partial charge in [-0.2, -0.15) is 0 Å². The standard InChI is InChI=1S/C22H23FN2O/c1-14-4-11-20(23)22-21(14)19(16(3)25-22)12-13-24-15(2)5-6-17-7-9-18(26)10-8-17/h4-11,24-26H,2,12-13H2,1,3H3/b6-5+. The highest BCUT2D eigenvalue weighted by Crippen LogP contribution is 2.27. The summed E-state index contributed by atoms with van der Waals surface area (Å²) in [7, 11) is 0. The van der Waals surface area contributed by atoms with Crippen molar-refractivity contribution in [3.8, 4) is 5.75 Å². The lowest BCUT2D eigenvalue weighted by Gasteiger charge is -2.07. The maximum atomic E-state index is 14.0. The SMILES string of the molecule is C=C(/C=C/c1ccc(O)cc1)NCCc1c(C)[nH]c2c(F)ccc(C)c12. The van der Waals surface area contributed by atoms with Crippen molar-refractivity contribution in [2.24, 2.45) is 0 Å². The van der Waals surface area contributed by atoms with Crippen molar-refractivity contribution in [2.75, 3.05) is 6.54 Å². The van der Waals surface area contributed by atoms with Gasteiger partial charge in [0.15, 0.2) is 0 Å². The van der Waals surface area contributed by atoms with Gasteiger partial charge >= 0.3 is 0 Å². The molecule has 0 radical (unpaired) electrons. The quantitative estimate of drug-likeness (QED) is 0.549. The molecule has 2 aromatic carbocycles. The molecular weight excluding hydrogens is 327 g/mol. The number of hydrogen-bond acceptors (Lipinski definition) is 2. The van der Waals surface area contributed by atoms with Gasteiger partial charge in [-0.25, -0.2) is 4.39 Å². The minimum Gasteiger partial charge on any atom is -0.508 e. The second-order valence-electron chi connectivity index (χ2n) is 6.47. The van der Waals surface area contributed by atoms with Gasteiger partial charge in [0.2, 0.25) is 0 Å². The lowest BCUT2D eigenvalue weighted by Crippen LogP contribution is -2.15. The molecule has 0 saturated carbocycles. The molecular formula is C22H23FN2O. The van der Waals surface area contributed by atoms with Crippen molar-refractivity contribution in [1.29, 1.82) is 0 Å². The van der Waals surface area contributed by atoms with E-state index in [1.165, 1.54) is 6.07 Å². The third-order valence-corrected chi connectivity index (χ3v) is 4.53.